The van der Waals surface area contributed by atoms with Crippen LogP contribution in [0.3, 0.4) is 0 Å². The fourth-order valence-corrected chi connectivity index (χ4v) is 25.7. The van der Waals surface area contributed by atoms with E-state index >= 15 is 0 Å². The van der Waals surface area contributed by atoms with Crippen molar-refractivity contribution >= 4 is 33.3 Å². The van der Waals surface area contributed by atoms with Gasteiger partial charge in [0.2, 0.25) is 0 Å². The van der Waals surface area contributed by atoms with E-state index < -0.39 is 33.3 Å². The fraction of sp³-hybridized carbons (Fsp3) is 1.00. The van der Waals surface area contributed by atoms with Gasteiger partial charge in [0.05, 0.1) is 0 Å². The lowest BCUT2D eigenvalue weighted by Crippen LogP contribution is -2.60. The van der Waals surface area contributed by atoms with Crippen molar-refractivity contribution in [1.29, 1.82) is 0 Å². The topological polar surface area (TPSA) is 56.5 Å². The van der Waals surface area contributed by atoms with Gasteiger partial charge in [-0.25, -0.2) is 0 Å². The van der Waals surface area contributed by atoms with Crippen molar-refractivity contribution in [3.05, 3.63) is 0 Å². The van der Waals surface area contributed by atoms with Crippen molar-refractivity contribution in [2.45, 2.75) is 86.9 Å². The molecule has 0 aliphatic rings. The van der Waals surface area contributed by atoms with Gasteiger partial charge in [0.1, 0.15) is 0 Å². The molecule has 23 heavy (non-hydrogen) atoms. The molecule has 146 valence electrons. The third kappa shape index (κ3) is 17.3. The van der Waals surface area contributed by atoms with Crippen LogP contribution < -0.4 is 11.1 Å². The van der Waals surface area contributed by atoms with Gasteiger partial charge in [-0.3, -0.25) is 0 Å². The molecule has 0 aromatic carbocycles. The second-order valence-corrected chi connectivity index (χ2v) is 27.1. The zero-order valence-corrected chi connectivity index (χ0v) is 19.0. The third-order valence-electron chi connectivity index (χ3n) is 2.56. The molecule has 0 rings (SSSR count). The first kappa shape index (κ1) is 31.5. The number of hydrogen-bond donors (Lipinski definition) is 2. The average molecular weight is 401 g/mol. The molecule has 8 heteroatoms. The van der Waals surface area contributed by atoms with Crippen molar-refractivity contribution in [1.82, 2.24) is 5.32 Å². The van der Waals surface area contributed by atoms with E-state index in [0.29, 0.717) is 6.67 Å². The van der Waals surface area contributed by atoms with E-state index in [0.717, 1.165) is 6.17 Å². The largest absolute Gasteiger partial charge is 0.436 e. The van der Waals surface area contributed by atoms with Crippen LogP contribution in [0.4, 0.5) is 0 Å². The molecule has 0 aliphatic heterocycles. The fourth-order valence-electron chi connectivity index (χ4n) is 2.94. The highest BCUT2D eigenvalue weighted by Crippen LogP contribution is 2.26. The minimum Gasteiger partial charge on any atom is -0.436 e. The Balaban J connectivity index is -0.000000602. The zero-order valence-electron chi connectivity index (χ0n) is 15.0. The van der Waals surface area contributed by atoms with Crippen molar-refractivity contribution in [3.8, 4) is 0 Å². The van der Waals surface area contributed by atoms with E-state index in [2.05, 4.69) is 64.2 Å². The number of hydrogen-bond acceptors (Lipinski definition) is 4. The van der Waals surface area contributed by atoms with Crippen LogP contribution in [0, 0.1) is 0 Å². The SMILES string of the molecule is C.C.C.C[Si](C)(C)C[Si](C)(C)O[Si](C)(CNCN)O[Si](C)(C)C. The molecular weight excluding hydrogens is 353 g/mol. The Hall–Kier alpha value is 0.708. The molecule has 0 saturated carbocycles. The minimum atomic E-state index is -2.19. The van der Waals surface area contributed by atoms with Crippen LogP contribution in [0.2, 0.25) is 64.6 Å². The molecule has 0 aromatic heterocycles. The smallest absolute Gasteiger partial charge is 0.328 e. The van der Waals surface area contributed by atoms with Crippen molar-refractivity contribution in [2.75, 3.05) is 12.8 Å². The summed E-state index contributed by atoms with van der Waals surface area (Å²) in [6.07, 6.45) is 0.788. The average Bonchev–Trinajstić information content (AvgIpc) is 2.05. The summed E-state index contributed by atoms with van der Waals surface area (Å²) in [5, 5.41) is 3.24. The van der Waals surface area contributed by atoms with Gasteiger partial charge in [-0.15, -0.1) is 0 Å². The van der Waals surface area contributed by atoms with Crippen LogP contribution in [0.1, 0.15) is 22.3 Å². The Kier molecular flexibility index (Phi) is 15.5. The van der Waals surface area contributed by atoms with E-state index in [1.807, 2.05) is 0 Å². The van der Waals surface area contributed by atoms with Crippen molar-refractivity contribution in [3.63, 3.8) is 0 Å². The first-order chi connectivity index (χ1) is 8.68. The molecule has 0 spiro atoms. The van der Waals surface area contributed by atoms with Crippen LogP contribution in [-0.4, -0.2) is 46.1 Å². The van der Waals surface area contributed by atoms with Gasteiger partial charge in [0.15, 0.2) is 16.6 Å². The highest BCUT2D eigenvalue weighted by molar-refractivity contribution is 6.96. The second kappa shape index (κ2) is 11.3. The molecule has 0 fully saturated rings. The van der Waals surface area contributed by atoms with Crippen LogP contribution in [0.25, 0.3) is 0 Å². The third-order valence-corrected chi connectivity index (χ3v) is 19.2. The van der Waals surface area contributed by atoms with Gasteiger partial charge in [0, 0.05) is 20.9 Å². The normalized spacial score (nSPS) is 14.9. The Bertz CT molecular complexity index is 305. The summed E-state index contributed by atoms with van der Waals surface area (Å²) in [5.41, 5.74) is 6.87. The highest BCUT2D eigenvalue weighted by atomic mass is 28.5. The Labute approximate surface area is 152 Å². The summed E-state index contributed by atoms with van der Waals surface area (Å²) >= 11 is 0. The lowest BCUT2D eigenvalue weighted by molar-refractivity contribution is 0.377. The number of nitrogens with one attached hydrogen (secondary N) is 1. The van der Waals surface area contributed by atoms with Gasteiger partial charge in [-0.2, -0.15) is 0 Å². The van der Waals surface area contributed by atoms with E-state index in [9.17, 15) is 0 Å². The lowest BCUT2D eigenvalue weighted by atomic mass is 11.1. The number of nitrogens with two attached hydrogens (primary N) is 1. The van der Waals surface area contributed by atoms with E-state index in [1.54, 1.807) is 0 Å². The first-order valence-electron chi connectivity index (χ1n) is 7.49. The van der Waals surface area contributed by atoms with Crippen LogP contribution >= 0.6 is 0 Å². The quantitative estimate of drug-likeness (QED) is 0.424. The van der Waals surface area contributed by atoms with Crippen molar-refractivity contribution in [2.24, 2.45) is 5.73 Å². The van der Waals surface area contributed by atoms with Gasteiger partial charge in [-0.1, -0.05) is 41.9 Å². The van der Waals surface area contributed by atoms with Gasteiger partial charge >= 0.3 is 8.56 Å². The predicted octanol–water partition coefficient (Wildman–Crippen LogP) is 4.96. The van der Waals surface area contributed by atoms with Crippen LogP contribution in [-0.2, 0) is 8.23 Å². The minimum absolute atomic E-state index is 0. The van der Waals surface area contributed by atoms with Crippen LogP contribution in [0.15, 0.2) is 0 Å². The van der Waals surface area contributed by atoms with Crippen molar-refractivity contribution < 1.29 is 8.23 Å². The van der Waals surface area contributed by atoms with E-state index in [4.69, 9.17) is 14.0 Å². The summed E-state index contributed by atoms with van der Waals surface area (Å²) in [4.78, 5) is 0. The highest BCUT2D eigenvalue weighted by Gasteiger charge is 2.43. The zero-order chi connectivity index (χ0) is 16.2. The Morgan fingerprint density at radius 1 is 0.783 bits per heavy atom. The summed E-state index contributed by atoms with van der Waals surface area (Å²) in [6.45, 7) is 21.3. The van der Waals surface area contributed by atoms with E-state index in [-0.39, 0.29) is 22.3 Å². The first-order valence-corrected chi connectivity index (χ1v) is 20.2. The standard InChI is InChI=1S/C12H36N2O2Si4.3CH4/c1-17(2,3)12-19(7,8)16-20(9,11-14-10-13)15-18(4,5)6;;;/h14H,10-13H2,1-9H3;3*1H4. The van der Waals surface area contributed by atoms with Gasteiger partial charge in [-0.05, 0) is 44.9 Å². The Morgan fingerprint density at radius 2 is 1.22 bits per heavy atom. The lowest BCUT2D eigenvalue weighted by Gasteiger charge is -2.41. The van der Waals surface area contributed by atoms with Crippen LogP contribution in [0.5, 0.6) is 0 Å². The maximum atomic E-state index is 6.69. The maximum absolute atomic E-state index is 6.69. The van der Waals surface area contributed by atoms with E-state index in [1.165, 1.54) is 5.67 Å². The van der Waals surface area contributed by atoms with Gasteiger partial charge < -0.3 is 19.3 Å². The summed E-state index contributed by atoms with van der Waals surface area (Å²) in [7, 11) is -6.59. The molecular formula is C15H48N2O2Si4. The predicted molar refractivity (Wildman–Crippen MR) is 120 cm³/mol. The molecule has 1 atom stereocenters. The molecule has 0 radical (unpaired) electrons. The molecule has 0 bridgehead atoms. The number of rotatable bonds is 9. The molecule has 1 unspecified atom stereocenters. The van der Waals surface area contributed by atoms with Gasteiger partial charge in [0.25, 0.3) is 0 Å². The Morgan fingerprint density at radius 3 is 1.52 bits per heavy atom. The molecule has 0 saturated heterocycles. The second-order valence-electron chi connectivity index (χ2n) is 8.58. The molecule has 0 aromatic rings. The maximum Gasteiger partial charge on any atom is 0.328 e. The summed E-state index contributed by atoms with van der Waals surface area (Å²) in [5.74, 6) is 0. The summed E-state index contributed by atoms with van der Waals surface area (Å²) < 4.78 is 13.2. The molecule has 3 N–H and O–H groups in total. The molecule has 0 aliphatic carbocycles. The molecule has 0 heterocycles. The summed E-state index contributed by atoms with van der Waals surface area (Å²) in [6, 6.07) is 0. The molecule has 4 nitrogen and oxygen atoms in total. The molecule has 0 amide bonds. The monoisotopic (exact) mass is 400 g/mol.